The molecular formula is C15H15Cl2NO4. The van der Waals surface area contributed by atoms with Crippen molar-refractivity contribution in [2.45, 2.75) is 19.8 Å². The van der Waals surface area contributed by atoms with Gasteiger partial charge in [0.1, 0.15) is 12.4 Å². The molecule has 0 fully saturated rings. The van der Waals surface area contributed by atoms with E-state index in [9.17, 15) is 9.59 Å². The van der Waals surface area contributed by atoms with Crippen molar-refractivity contribution < 1.29 is 19.4 Å². The fourth-order valence-electron chi connectivity index (χ4n) is 1.74. The third-order valence-corrected chi connectivity index (χ3v) is 3.27. The number of carboxylic acids is 1. The van der Waals surface area contributed by atoms with Gasteiger partial charge in [-0.05, 0) is 12.0 Å². The lowest BCUT2D eigenvalue weighted by Crippen LogP contribution is -2.17. The number of carbonyl (C=O) groups is 2. The quantitative estimate of drug-likeness (QED) is 0.743. The number of carboxylic acid groups (broad SMARTS) is 1. The van der Waals surface area contributed by atoms with Crippen molar-refractivity contribution in [2.24, 2.45) is 5.92 Å². The molecule has 1 aromatic carbocycles. The van der Waals surface area contributed by atoms with Crippen LogP contribution in [0.4, 0.5) is 5.69 Å². The molecule has 7 heteroatoms. The van der Waals surface area contributed by atoms with Crippen molar-refractivity contribution in [3.05, 3.63) is 22.2 Å². The van der Waals surface area contributed by atoms with Crippen molar-refractivity contribution in [3.63, 3.8) is 0 Å². The number of halogens is 2. The van der Waals surface area contributed by atoms with Crippen LogP contribution in [0.15, 0.2) is 12.1 Å². The number of nitrogens with one attached hydrogen (secondary N) is 1. The molecule has 0 spiro atoms. The highest BCUT2D eigenvalue weighted by molar-refractivity contribution is 6.37. The van der Waals surface area contributed by atoms with Gasteiger partial charge in [0.15, 0.2) is 0 Å². The minimum absolute atomic E-state index is 0.0321. The predicted molar refractivity (Wildman–Crippen MR) is 85.5 cm³/mol. The maximum atomic E-state index is 11.9. The Morgan fingerprint density at radius 2 is 2.05 bits per heavy atom. The summed E-state index contributed by atoms with van der Waals surface area (Å²) in [6, 6.07) is 2.91. The van der Waals surface area contributed by atoms with E-state index >= 15 is 0 Å². The predicted octanol–water partition coefficient (Wildman–Crippen LogP) is 3.44. The molecule has 0 saturated carbocycles. The molecule has 1 aromatic rings. The molecule has 0 heterocycles. The first-order valence-electron chi connectivity index (χ1n) is 6.40. The number of rotatable bonds is 7. The van der Waals surface area contributed by atoms with E-state index in [-0.39, 0.29) is 41.3 Å². The zero-order valence-electron chi connectivity index (χ0n) is 11.9. The Labute approximate surface area is 138 Å². The molecule has 0 aliphatic heterocycles. The van der Waals surface area contributed by atoms with Gasteiger partial charge in [-0.2, -0.15) is 0 Å². The van der Waals surface area contributed by atoms with Crippen LogP contribution < -0.4 is 10.1 Å². The van der Waals surface area contributed by atoms with Crippen LogP contribution in [0.25, 0.3) is 0 Å². The maximum Gasteiger partial charge on any atom is 0.303 e. The van der Waals surface area contributed by atoms with E-state index in [1.165, 1.54) is 12.1 Å². The number of benzene rings is 1. The molecule has 1 amide bonds. The normalized spacial score (nSPS) is 11.4. The molecule has 118 valence electrons. The Hall–Kier alpha value is -1.90. The number of carbonyl (C=O) groups excluding carboxylic acids is 1. The van der Waals surface area contributed by atoms with Crippen LogP contribution in [-0.2, 0) is 9.59 Å². The highest BCUT2D eigenvalue weighted by Crippen LogP contribution is 2.34. The summed E-state index contributed by atoms with van der Waals surface area (Å²) in [6.07, 6.45) is 5.08. The summed E-state index contributed by atoms with van der Waals surface area (Å²) in [7, 11) is 0. The van der Waals surface area contributed by atoms with Crippen LogP contribution in [0, 0.1) is 18.3 Å². The summed E-state index contributed by atoms with van der Waals surface area (Å²) < 4.78 is 5.24. The number of anilines is 1. The van der Waals surface area contributed by atoms with E-state index in [1.54, 1.807) is 6.92 Å². The summed E-state index contributed by atoms with van der Waals surface area (Å²) in [5.74, 6) is 1.02. The smallest absolute Gasteiger partial charge is 0.303 e. The second kappa shape index (κ2) is 8.52. The Morgan fingerprint density at radius 1 is 1.36 bits per heavy atom. The third-order valence-electron chi connectivity index (χ3n) is 2.66. The SMILES string of the molecule is C#CCOc1cc(NC(=O)CC(C)CC(=O)O)c(Cl)cc1Cl. The Morgan fingerprint density at radius 3 is 2.64 bits per heavy atom. The first-order valence-corrected chi connectivity index (χ1v) is 7.16. The lowest BCUT2D eigenvalue weighted by Gasteiger charge is -2.13. The first-order chi connectivity index (χ1) is 10.3. The zero-order chi connectivity index (χ0) is 16.7. The Bertz CT molecular complexity index is 610. The lowest BCUT2D eigenvalue weighted by molar-refractivity contribution is -0.138. The fraction of sp³-hybridized carbons (Fsp3) is 0.333. The Kier molecular flexibility index (Phi) is 7.03. The van der Waals surface area contributed by atoms with Gasteiger partial charge < -0.3 is 15.2 Å². The third kappa shape index (κ3) is 5.84. The second-order valence-corrected chi connectivity index (χ2v) is 5.53. The number of terminal acetylenes is 1. The van der Waals surface area contributed by atoms with Gasteiger partial charge in [0.2, 0.25) is 5.91 Å². The number of aliphatic carboxylic acids is 1. The number of hydrogen-bond donors (Lipinski definition) is 2. The van der Waals surface area contributed by atoms with Crippen molar-refractivity contribution in [3.8, 4) is 18.1 Å². The summed E-state index contributed by atoms with van der Waals surface area (Å²) >= 11 is 12.0. The van der Waals surface area contributed by atoms with E-state index in [2.05, 4.69) is 11.2 Å². The van der Waals surface area contributed by atoms with E-state index < -0.39 is 5.97 Å². The minimum atomic E-state index is -0.949. The van der Waals surface area contributed by atoms with E-state index in [0.717, 1.165) is 0 Å². The van der Waals surface area contributed by atoms with Gasteiger partial charge in [-0.25, -0.2) is 0 Å². The van der Waals surface area contributed by atoms with Crippen LogP contribution in [0.5, 0.6) is 5.75 Å². The van der Waals surface area contributed by atoms with Gasteiger partial charge in [-0.3, -0.25) is 9.59 Å². The molecule has 2 N–H and O–H groups in total. The maximum absolute atomic E-state index is 11.9. The molecule has 1 rings (SSSR count). The van der Waals surface area contributed by atoms with Gasteiger partial charge >= 0.3 is 5.97 Å². The zero-order valence-corrected chi connectivity index (χ0v) is 13.4. The molecule has 0 saturated heterocycles. The molecule has 22 heavy (non-hydrogen) atoms. The molecule has 1 atom stereocenters. The van der Waals surface area contributed by atoms with Crippen LogP contribution in [0.1, 0.15) is 19.8 Å². The van der Waals surface area contributed by atoms with Crippen LogP contribution in [0.2, 0.25) is 10.0 Å². The lowest BCUT2D eigenvalue weighted by atomic mass is 10.0. The summed E-state index contributed by atoms with van der Waals surface area (Å²) in [6.45, 7) is 1.71. The van der Waals surface area contributed by atoms with Gasteiger partial charge in [-0.15, -0.1) is 6.42 Å². The summed E-state index contributed by atoms with van der Waals surface area (Å²) in [5, 5.41) is 11.8. The van der Waals surface area contributed by atoms with Crippen LogP contribution in [0.3, 0.4) is 0 Å². The fourth-order valence-corrected chi connectivity index (χ4v) is 2.23. The van der Waals surface area contributed by atoms with E-state index in [0.29, 0.717) is 11.4 Å². The molecule has 1 unspecified atom stereocenters. The van der Waals surface area contributed by atoms with Crippen molar-refractivity contribution in [1.29, 1.82) is 0 Å². The van der Waals surface area contributed by atoms with Crippen LogP contribution >= 0.6 is 23.2 Å². The Balaban J connectivity index is 2.77. The van der Waals surface area contributed by atoms with Crippen molar-refractivity contribution in [1.82, 2.24) is 0 Å². The summed E-state index contributed by atoms with van der Waals surface area (Å²) in [5.41, 5.74) is 0.325. The molecular weight excluding hydrogens is 329 g/mol. The molecule has 0 aliphatic carbocycles. The van der Waals surface area contributed by atoms with Crippen molar-refractivity contribution in [2.75, 3.05) is 11.9 Å². The van der Waals surface area contributed by atoms with Gasteiger partial charge in [0, 0.05) is 18.9 Å². The number of amides is 1. The van der Waals surface area contributed by atoms with Crippen molar-refractivity contribution >= 4 is 40.8 Å². The summed E-state index contributed by atoms with van der Waals surface area (Å²) in [4.78, 5) is 22.5. The molecule has 0 aliphatic rings. The molecule has 0 radical (unpaired) electrons. The largest absolute Gasteiger partial charge is 0.481 e. The van der Waals surface area contributed by atoms with Gasteiger partial charge in [0.25, 0.3) is 0 Å². The number of ether oxygens (including phenoxy) is 1. The molecule has 0 aromatic heterocycles. The monoisotopic (exact) mass is 343 g/mol. The first kappa shape index (κ1) is 18.1. The molecule has 5 nitrogen and oxygen atoms in total. The van der Waals surface area contributed by atoms with Crippen LogP contribution in [-0.4, -0.2) is 23.6 Å². The van der Waals surface area contributed by atoms with Gasteiger partial charge in [0.05, 0.1) is 15.7 Å². The topological polar surface area (TPSA) is 75.6 Å². The average molecular weight is 344 g/mol. The second-order valence-electron chi connectivity index (χ2n) is 4.71. The minimum Gasteiger partial charge on any atom is -0.481 e. The van der Waals surface area contributed by atoms with Gasteiger partial charge in [-0.1, -0.05) is 36.0 Å². The molecule has 0 bridgehead atoms. The average Bonchev–Trinajstić information content (AvgIpc) is 2.39. The van der Waals surface area contributed by atoms with E-state index in [1.807, 2.05) is 0 Å². The highest BCUT2D eigenvalue weighted by Gasteiger charge is 2.15. The standard InChI is InChI=1S/C15H15Cl2NO4/c1-3-4-22-13-8-12(10(16)7-11(13)17)18-14(19)5-9(2)6-15(20)21/h1,7-9H,4-6H2,2H3,(H,18,19)(H,20,21). The van der Waals surface area contributed by atoms with E-state index in [4.69, 9.17) is 39.5 Å². The highest BCUT2D eigenvalue weighted by atomic mass is 35.5. The number of hydrogen-bond acceptors (Lipinski definition) is 3.